The number of amides is 1. The number of hydrogen-bond donors (Lipinski definition) is 1. The van der Waals surface area contributed by atoms with Crippen LogP contribution in [0.1, 0.15) is 47.1 Å². The highest BCUT2D eigenvalue weighted by atomic mass is 16.5. The Bertz CT molecular complexity index is 905. The van der Waals surface area contributed by atoms with Crippen LogP contribution >= 0.6 is 0 Å². The Morgan fingerprint density at radius 3 is 3.03 bits per heavy atom. The van der Waals surface area contributed by atoms with Gasteiger partial charge in [0.25, 0.3) is 5.91 Å². The Kier molecular flexibility index (Phi) is 5.83. The van der Waals surface area contributed by atoms with E-state index in [1.54, 1.807) is 11.8 Å². The van der Waals surface area contributed by atoms with Gasteiger partial charge in [-0.2, -0.15) is 0 Å². The quantitative estimate of drug-likeness (QED) is 0.728. The normalized spacial score (nSPS) is 15.5. The summed E-state index contributed by atoms with van der Waals surface area (Å²) in [5.74, 6) is 0.759. The summed E-state index contributed by atoms with van der Waals surface area (Å²) in [6.45, 7) is 4.93. The molecule has 1 N–H and O–H groups in total. The predicted octanol–water partition coefficient (Wildman–Crippen LogP) is 2.44. The third-order valence-electron chi connectivity index (χ3n) is 5.58. The van der Waals surface area contributed by atoms with Gasteiger partial charge in [0.2, 0.25) is 0 Å². The summed E-state index contributed by atoms with van der Waals surface area (Å²) in [5.41, 5.74) is 4.22. The minimum absolute atomic E-state index is 0.0112. The van der Waals surface area contributed by atoms with Gasteiger partial charge in [-0.25, -0.2) is 4.98 Å². The molecule has 4 rings (SSSR count). The maximum atomic E-state index is 12.8. The molecular formula is C22H28N4O3. The van der Waals surface area contributed by atoms with Crippen LogP contribution in [0.4, 0.5) is 5.82 Å². The van der Waals surface area contributed by atoms with Crippen LogP contribution in [0.5, 0.6) is 0 Å². The number of carbonyl (C=O) groups is 2. The summed E-state index contributed by atoms with van der Waals surface area (Å²) < 4.78 is 6.99. The van der Waals surface area contributed by atoms with Gasteiger partial charge in [-0.1, -0.05) is 6.07 Å². The van der Waals surface area contributed by atoms with E-state index in [4.69, 9.17) is 9.72 Å². The summed E-state index contributed by atoms with van der Waals surface area (Å²) in [6, 6.07) is 6.28. The monoisotopic (exact) mass is 396 g/mol. The lowest BCUT2D eigenvalue weighted by molar-refractivity contribution is -0.143. The number of esters is 1. The van der Waals surface area contributed by atoms with Crippen LogP contribution in [0.25, 0.3) is 0 Å². The van der Waals surface area contributed by atoms with Crippen molar-refractivity contribution in [2.24, 2.45) is 0 Å². The Morgan fingerprint density at radius 2 is 2.17 bits per heavy atom. The Labute approximate surface area is 171 Å². The zero-order valence-corrected chi connectivity index (χ0v) is 16.9. The van der Waals surface area contributed by atoms with Crippen molar-refractivity contribution in [3.63, 3.8) is 0 Å². The molecule has 0 saturated heterocycles. The van der Waals surface area contributed by atoms with Gasteiger partial charge in [0.1, 0.15) is 11.5 Å². The molecule has 1 amide bonds. The maximum absolute atomic E-state index is 12.8. The second kappa shape index (κ2) is 8.68. The summed E-state index contributed by atoms with van der Waals surface area (Å²) in [6.07, 6.45) is 6.27. The predicted molar refractivity (Wildman–Crippen MR) is 110 cm³/mol. The molecule has 0 radical (unpaired) electrons. The van der Waals surface area contributed by atoms with Crippen LogP contribution in [0, 0.1) is 0 Å². The second-order valence-electron chi connectivity index (χ2n) is 7.61. The van der Waals surface area contributed by atoms with Crippen molar-refractivity contribution < 1.29 is 14.3 Å². The summed E-state index contributed by atoms with van der Waals surface area (Å²) in [4.78, 5) is 30.8. The molecule has 0 atom stereocenters. The topological polar surface area (TPSA) is 76.5 Å². The molecule has 2 aliphatic rings. The van der Waals surface area contributed by atoms with Crippen LogP contribution in [0.15, 0.2) is 24.4 Å². The van der Waals surface area contributed by atoms with E-state index in [-0.39, 0.29) is 18.3 Å². The Balaban J connectivity index is 1.36. The molecule has 7 nitrogen and oxygen atoms in total. The zero-order chi connectivity index (χ0) is 20.2. The number of carbonyl (C=O) groups excluding carboxylic acids is 2. The van der Waals surface area contributed by atoms with Gasteiger partial charge < -0.3 is 19.5 Å². The number of anilines is 1. The van der Waals surface area contributed by atoms with E-state index < -0.39 is 0 Å². The summed E-state index contributed by atoms with van der Waals surface area (Å²) in [7, 11) is 0. The molecule has 0 aliphatic carbocycles. The van der Waals surface area contributed by atoms with Crippen LogP contribution < -0.4 is 5.32 Å². The fourth-order valence-electron chi connectivity index (χ4n) is 4.02. The fraction of sp³-hybridized carbons (Fsp3) is 0.500. The third kappa shape index (κ3) is 4.44. The van der Waals surface area contributed by atoms with Crippen molar-refractivity contribution in [2.45, 2.75) is 45.6 Å². The second-order valence-corrected chi connectivity index (χ2v) is 7.61. The number of nitrogens with one attached hydrogen (secondary N) is 1. The first-order chi connectivity index (χ1) is 14.1. The van der Waals surface area contributed by atoms with Crippen LogP contribution in [0.2, 0.25) is 0 Å². The lowest BCUT2D eigenvalue weighted by atomic mass is 10.1. The molecule has 7 heteroatoms. The highest BCUT2D eigenvalue weighted by molar-refractivity contribution is 5.94. The number of pyridine rings is 1. The lowest BCUT2D eigenvalue weighted by Crippen LogP contribution is -2.41. The van der Waals surface area contributed by atoms with E-state index >= 15 is 0 Å². The van der Waals surface area contributed by atoms with Gasteiger partial charge in [-0.3, -0.25) is 9.59 Å². The smallest absolute Gasteiger partial charge is 0.307 e. The van der Waals surface area contributed by atoms with Crippen LogP contribution in [0.3, 0.4) is 0 Å². The van der Waals surface area contributed by atoms with E-state index in [1.165, 1.54) is 5.56 Å². The van der Waals surface area contributed by atoms with E-state index in [9.17, 15) is 9.59 Å². The average Bonchev–Trinajstić information content (AvgIpc) is 3.16. The largest absolute Gasteiger partial charge is 0.466 e. The Morgan fingerprint density at radius 1 is 1.28 bits per heavy atom. The molecule has 0 bridgehead atoms. The SMILES string of the molecule is CCOC(=O)CCN1CCn2cc(CCc3ccc4c(n3)NCCC4)cc2C1=O. The molecule has 29 heavy (non-hydrogen) atoms. The molecule has 2 aromatic rings. The van der Waals surface area contributed by atoms with Crippen molar-refractivity contribution in [3.8, 4) is 0 Å². The highest BCUT2D eigenvalue weighted by Gasteiger charge is 2.25. The number of aryl methyl sites for hydroxylation is 3. The number of fused-ring (bicyclic) bond motifs is 2. The van der Waals surface area contributed by atoms with E-state index in [2.05, 4.69) is 23.6 Å². The molecule has 4 heterocycles. The molecule has 154 valence electrons. The van der Waals surface area contributed by atoms with Crippen molar-refractivity contribution in [1.29, 1.82) is 0 Å². The number of hydrogen-bond acceptors (Lipinski definition) is 5. The van der Waals surface area contributed by atoms with Gasteiger partial charge in [0, 0.05) is 38.1 Å². The number of nitrogens with zero attached hydrogens (tertiary/aromatic N) is 3. The zero-order valence-electron chi connectivity index (χ0n) is 16.9. The first-order valence-electron chi connectivity index (χ1n) is 10.5. The van der Waals surface area contributed by atoms with Crippen molar-refractivity contribution in [3.05, 3.63) is 46.9 Å². The summed E-state index contributed by atoms with van der Waals surface area (Å²) >= 11 is 0. The first-order valence-corrected chi connectivity index (χ1v) is 10.5. The minimum atomic E-state index is -0.256. The van der Waals surface area contributed by atoms with Gasteiger partial charge in [-0.05, 0) is 55.9 Å². The molecular weight excluding hydrogens is 368 g/mol. The molecule has 0 saturated carbocycles. The van der Waals surface area contributed by atoms with Gasteiger partial charge in [0.15, 0.2) is 0 Å². The third-order valence-corrected chi connectivity index (χ3v) is 5.58. The molecule has 2 aliphatic heterocycles. The lowest BCUT2D eigenvalue weighted by Gasteiger charge is -2.28. The van der Waals surface area contributed by atoms with Gasteiger partial charge in [0.05, 0.1) is 13.0 Å². The van der Waals surface area contributed by atoms with Gasteiger partial charge in [-0.15, -0.1) is 0 Å². The minimum Gasteiger partial charge on any atom is -0.466 e. The van der Waals surface area contributed by atoms with Crippen LogP contribution in [-0.4, -0.2) is 52.6 Å². The average molecular weight is 396 g/mol. The molecule has 0 unspecified atom stereocenters. The first kappa shape index (κ1) is 19.5. The number of rotatable bonds is 7. The van der Waals surface area contributed by atoms with Gasteiger partial charge >= 0.3 is 5.97 Å². The fourth-order valence-corrected chi connectivity index (χ4v) is 4.02. The molecule has 0 fully saturated rings. The standard InChI is InChI=1S/C22H28N4O3/c1-2-29-20(27)9-11-25-12-13-26-15-16(14-19(26)22(25)28)5-7-18-8-6-17-4-3-10-23-21(17)24-18/h6,8,14-15H,2-5,7,9-13H2,1H3,(H,23,24). The van der Waals surface area contributed by atoms with E-state index in [1.807, 2.05) is 10.6 Å². The van der Waals surface area contributed by atoms with Crippen molar-refractivity contribution >= 4 is 17.7 Å². The Hall–Kier alpha value is -2.83. The maximum Gasteiger partial charge on any atom is 0.307 e. The number of ether oxygens (including phenoxy) is 1. The van der Waals surface area contributed by atoms with Crippen molar-refractivity contribution in [1.82, 2.24) is 14.5 Å². The molecule has 0 aromatic carbocycles. The van der Waals surface area contributed by atoms with E-state index in [0.717, 1.165) is 55.8 Å². The highest BCUT2D eigenvalue weighted by Crippen LogP contribution is 2.21. The summed E-state index contributed by atoms with van der Waals surface area (Å²) in [5, 5.41) is 3.38. The van der Waals surface area contributed by atoms with E-state index in [0.29, 0.717) is 25.4 Å². The van der Waals surface area contributed by atoms with Crippen LogP contribution in [-0.2, 0) is 35.3 Å². The molecule has 0 spiro atoms. The number of aromatic nitrogens is 2. The van der Waals surface area contributed by atoms with Crippen molar-refractivity contribution in [2.75, 3.05) is 31.6 Å². The molecule has 2 aromatic heterocycles.